The lowest BCUT2D eigenvalue weighted by atomic mass is 9.97. The third-order valence-corrected chi connectivity index (χ3v) is 7.64. The summed E-state index contributed by atoms with van der Waals surface area (Å²) in [7, 11) is 0. The molecule has 4 aromatic rings. The Morgan fingerprint density at radius 2 is 1.80 bits per heavy atom. The minimum atomic E-state index is -4.39. The number of rotatable bonds is 6. The molecule has 1 aliphatic carbocycles. The van der Waals surface area contributed by atoms with Crippen LogP contribution in [-0.4, -0.2) is 30.6 Å². The maximum Gasteiger partial charge on any atom is 0.416 e. The summed E-state index contributed by atoms with van der Waals surface area (Å²) < 4.78 is 40.4. The minimum absolute atomic E-state index is 0.458. The molecule has 0 radical (unpaired) electrons. The van der Waals surface area contributed by atoms with Crippen molar-refractivity contribution in [2.45, 2.75) is 55.0 Å². The smallest absolute Gasteiger partial charge is 0.416 e. The van der Waals surface area contributed by atoms with Crippen molar-refractivity contribution < 1.29 is 23.1 Å². The van der Waals surface area contributed by atoms with Gasteiger partial charge >= 0.3 is 12.1 Å². The molecule has 0 unspecified atom stereocenters. The van der Waals surface area contributed by atoms with Gasteiger partial charge in [0.25, 0.3) is 0 Å². The lowest BCUT2D eigenvalue weighted by Crippen LogP contribution is -2.38. The zero-order chi connectivity index (χ0) is 24.8. The van der Waals surface area contributed by atoms with Gasteiger partial charge in [-0.3, -0.25) is 0 Å². The summed E-state index contributed by atoms with van der Waals surface area (Å²) in [6.07, 6.45) is 0.575. The molecule has 1 saturated carbocycles. The van der Waals surface area contributed by atoms with Crippen LogP contribution in [0.25, 0.3) is 16.6 Å². The molecule has 182 valence electrons. The van der Waals surface area contributed by atoms with E-state index >= 15 is 0 Å². The molecule has 0 saturated heterocycles. The minimum Gasteiger partial charge on any atom is -0.479 e. The molecule has 0 aliphatic heterocycles. The van der Waals surface area contributed by atoms with Crippen LogP contribution in [-0.2, 0) is 22.3 Å². The molecule has 1 N–H and O–H groups in total. The Kier molecular flexibility index (Phi) is 5.86. The number of aliphatic carboxylic acids is 1. The van der Waals surface area contributed by atoms with E-state index in [4.69, 9.17) is 0 Å². The maximum atomic E-state index is 12.8. The average Bonchev–Trinajstić information content (AvgIpc) is 3.55. The second-order valence-electron chi connectivity index (χ2n) is 8.81. The first-order chi connectivity index (χ1) is 16.7. The number of carboxylic acid groups (broad SMARTS) is 1. The number of alkyl halides is 3. The zero-order valence-electron chi connectivity index (χ0n) is 18.9. The van der Waals surface area contributed by atoms with Crippen LogP contribution in [0.5, 0.6) is 0 Å². The van der Waals surface area contributed by atoms with Crippen LogP contribution in [0.15, 0.2) is 59.6 Å². The van der Waals surface area contributed by atoms with Gasteiger partial charge in [-0.2, -0.15) is 28.2 Å². The molecule has 10 heteroatoms. The summed E-state index contributed by atoms with van der Waals surface area (Å²) in [5.74, 6) is -0.241. The van der Waals surface area contributed by atoms with Crippen LogP contribution in [0, 0.1) is 6.92 Å². The van der Waals surface area contributed by atoms with E-state index in [-0.39, 0.29) is 0 Å². The van der Waals surface area contributed by atoms with E-state index < -0.39 is 23.2 Å². The number of aromatic nitrogens is 4. The first-order valence-electron chi connectivity index (χ1n) is 11.3. The third kappa shape index (κ3) is 4.31. The van der Waals surface area contributed by atoms with Crippen LogP contribution in [0.3, 0.4) is 0 Å². The molecule has 0 spiro atoms. The second-order valence-corrected chi connectivity index (χ2v) is 9.85. The van der Waals surface area contributed by atoms with Gasteiger partial charge in [0.1, 0.15) is 5.54 Å². The number of thioether (sulfide) groups is 1. The van der Waals surface area contributed by atoms with Gasteiger partial charge in [0.05, 0.1) is 22.6 Å². The second kappa shape index (κ2) is 8.75. The van der Waals surface area contributed by atoms with E-state index in [2.05, 4.69) is 10.2 Å². The molecule has 5 rings (SSSR count). The number of carboxylic acids is 1. The fourth-order valence-corrected chi connectivity index (χ4v) is 5.64. The number of hydrogen-bond acceptors (Lipinski definition) is 4. The molecule has 2 aromatic heterocycles. The highest BCUT2D eigenvalue weighted by atomic mass is 32.2. The van der Waals surface area contributed by atoms with Crippen LogP contribution < -0.4 is 0 Å². The molecule has 0 amide bonds. The lowest BCUT2D eigenvalue weighted by Gasteiger charge is -2.27. The van der Waals surface area contributed by atoms with Crippen molar-refractivity contribution in [3.63, 3.8) is 0 Å². The molecule has 2 aromatic carbocycles. The Morgan fingerprint density at radius 1 is 1.09 bits per heavy atom. The number of aryl methyl sites for hydroxylation is 1. The summed E-state index contributed by atoms with van der Waals surface area (Å²) in [4.78, 5) is 14.5. The summed E-state index contributed by atoms with van der Waals surface area (Å²) in [5, 5.41) is 19.7. The Hall–Kier alpha value is -3.27. The molecular weight excluding hydrogens is 477 g/mol. The van der Waals surface area contributed by atoms with Crippen molar-refractivity contribution >= 4 is 28.6 Å². The maximum absolute atomic E-state index is 12.8. The van der Waals surface area contributed by atoms with Crippen LogP contribution in [0.4, 0.5) is 13.2 Å². The Balaban J connectivity index is 1.33. The number of nitrogens with zero attached hydrogens (tertiary/aromatic N) is 4. The van der Waals surface area contributed by atoms with Crippen LogP contribution in [0.1, 0.15) is 42.6 Å². The summed E-state index contributed by atoms with van der Waals surface area (Å²) in [6, 6.07) is 12.7. The van der Waals surface area contributed by atoms with E-state index in [0.29, 0.717) is 30.0 Å². The van der Waals surface area contributed by atoms with Crippen molar-refractivity contribution in [1.29, 1.82) is 0 Å². The summed E-state index contributed by atoms with van der Waals surface area (Å²) in [5.41, 5.74) is 1.22. The topological polar surface area (TPSA) is 72.9 Å². The Morgan fingerprint density at radius 3 is 2.46 bits per heavy atom. The van der Waals surface area contributed by atoms with Gasteiger partial charge in [0, 0.05) is 27.7 Å². The zero-order valence-corrected chi connectivity index (χ0v) is 19.7. The van der Waals surface area contributed by atoms with Crippen molar-refractivity contribution in [3.05, 3.63) is 71.7 Å². The SMILES string of the molecule is Cc1nn(-c2ccc(C(F)(F)F)cc2)nc1CSc1ccc2c(ccn2C2(C(=O)O)CCCC2)c1. The number of carbonyl (C=O) groups is 1. The highest BCUT2D eigenvalue weighted by Gasteiger charge is 2.43. The average molecular weight is 501 g/mol. The molecule has 35 heavy (non-hydrogen) atoms. The fraction of sp³-hybridized carbons (Fsp3) is 0.320. The third-order valence-electron chi connectivity index (χ3n) is 6.63. The Labute approximate surface area is 203 Å². The Bertz CT molecular complexity index is 1390. The van der Waals surface area contributed by atoms with E-state index in [1.165, 1.54) is 16.9 Å². The van der Waals surface area contributed by atoms with Gasteiger partial charge in [-0.15, -0.1) is 11.8 Å². The normalized spacial score (nSPS) is 15.7. The van der Waals surface area contributed by atoms with Gasteiger partial charge in [-0.25, -0.2) is 4.79 Å². The van der Waals surface area contributed by atoms with Crippen molar-refractivity contribution in [1.82, 2.24) is 19.6 Å². The highest BCUT2D eigenvalue weighted by molar-refractivity contribution is 7.98. The number of hydrogen-bond donors (Lipinski definition) is 1. The molecular formula is C25H23F3N4O2S. The first kappa shape index (κ1) is 23.5. The van der Waals surface area contributed by atoms with Gasteiger partial charge in [-0.05, 0) is 68.3 Å². The molecule has 1 fully saturated rings. The van der Waals surface area contributed by atoms with Crippen LogP contribution >= 0.6 is 11.8 Å². The quantitative estimate of drug-likeness (QED) is 0.319. The van der Waals surface area contributed by atoms with Gasteiger partial charge in [0.15, 0.2) is 0 Å². The number of benzene rings is 2. The standard InChI is InChI=1S/C25H23F3N4O2S/c1-16-21(30-32(29-16)19-6-4-18(5-7-19)25(26,27)28)15-35-20-8-9-22-17(14-20)10-13-31(22)24(23(33)34)11-2-3-12-24/h4-10,13-14H,2-3,11-12,15H2,1H3,(H,33,34). The largest absolute Gasteiger partial charge is 0.479 e. The predicted octanol–water partition coefficient (Wildman–Crippen LogP) is 6.20. The van der Waals surface area contributed by atoms with E-state index in [1.807, 2.05) is 42.0 Å². The lowest BCUT2D eigenvalue weighted by molar-refractivity contribution is -0.147. The molecule has 6 nitrogen and oxygen atoms in total. The summed E-state index contributed by atoms with van der Waals surface area (Å²) in [6.45, 7) is 1.82. The van der Waals surface area contributed by atoms with Crippen molar-refractivity contribution in [2.75, 3.05) is 0 Å². The van der Waals surface area contributed by atoms with E-state index in [0.717, 1.165) is 46.5 Å². The van der Waals surface area contributed by atoms with E-state index in [1.54, 1.807) is 11.8 Å². The molecule has 0 atom stereocenters. The monoisotopic (exact) mass is 500 g/mol. The van der Waals surface area contributed by atoms with Crippen LogP contribution in [0.2, 0.25) is 0 Å². The van der Waals surface area contributed by atoms with E-state index in [9.17, 15) is 23.1 Å². The number of fused-ring (bicyclic) bond motifs is 1. The first-order valence-corrected chi connectivity index (χ1v) is 12.2. The van der Waals surface area contributed by atoms with Crippen molar-refractivity contribution in [3.8, 4) is 5.69 Å². The van der Waals surface area contributed by atoms with Gasteiger partial charge in [0.2, 0.25) is 0 Å². The van der Waals surface area contributed by atoms with Gasteiger partial charge in [-0.1, -0.05) is 12.8 Å². The molecule has 2 heterocycles. The highest BCUT2D eigenvalue weighted by Crippen LogP contribution is 2.40. The molecule has 0 bridgehead atoms. The predicted molar refractivity (Wildman–Crippen MR) is 127 cm³/mol. The summed E-state index contributed by atoms with van der Waals surface area (Å²) >= 11 is 1.57. The van der Waals surface area contributed by atoms with Crippen molar-refractivity contribution in [2.24, 2.45) is 0 Å². The molecule has 1 aliphatic rings. The fourth-order valence-electron chi connectivity index (χ4n) is 4.69. The number of halogens is 3. The van der Waals surface area contributed by atoms with Gasteiger partial charge < -0.3 is 9.67 Å².